The van der Waals surface area contributed by atoms with E-state index < -0.39 is 23.8 Å². The van der Waals surface area contributed by atoms with Gasteiger partial charge >= 0.3 is 5.97 Å². The zero-order valence-electron chi connectivity index (χ0n) is 13.2. The van der Waals surface area contributed by atoms with Gasteiger partial charge in [-0.2, -0.15) is 0 Å². The second kappa shape index (κ2) is 7.92. The van der Waals surface area contributed by atoms with Gasteiger partial charge in [-0.15, -0.1) is 0 Å². The lowest BCUT2D eigenvalue weighted by atomic mass is 10.0. The Balaban J connectivity index is 2.10. The molecule has 2 aromatic carbocycles. The first-order valence-corrected chi connectivity index (χ1v) is 7.38. The van der Waals surface area contributed by atoms with Gasteiger partial charge in [0.25, 0.3) is 5.91 Å². The monoisotopic (exact) mass is 326 g/mol. The number of hydrogen-bond acceptors (Lipinski definition) is 4. The number of nitrogens with one attached hydrogen (secondary N) is 1. The van der Waals surface area contributed by atoms with Crippen molar-refractivity contribution in [3.8, 4) is 5.75 Å². The van der Waals surface area contributed by atoms with E-state index in [1.165, 1.54) is 13.0 Å². The standard InChI is InChI=1S/C18H18N2O4/c1-12(21)24-15-9-5-8-14(11-15)18(23)20-16(17(19)22)10-13-6-3-2-4-7-13/h2-9,11,16H,10H2,1H3,(H2,19,22)(H,20,23)/t16-/m0/s1. The molecular formula is C18H18N2O4. The average Bonchev–Trinajstić information content (AvgIpc) is 2.54. The largest absolute Gasteiger partial charge is 0.427 e. The van der Waals surface area contributed by atoms with Crippen molar-refractivity contribution in [2.24, 2.45) is 5.73 Å². The van der Waals surface area contributed by atoms with Crippen molar-refractivity contribution in [1.82, 2.24) is 5.32 Å². The van der Waals surface area contributed by atoms with E-state index in [0.29, 0.717) is 6.42 Å². The fourth-order valence-electron chi connectivity index (χ4n) is 2.18. The molecule has 2 rings (SSSR count). The molecule has 3 N–H and O–H groups in total. The molecule has 2 aromatic rings. The quantitative estimate of drug-likeness (QED) is 0.620. The van der Waals surface area contributed by atoms with Crippen LogP contribution in [0.5, 0.6) is 5.75 Å². The Labute approximate surface area is 139 Å². The van der Waals surface area contributed by atoms with E-state index in [9.17, 15) is 14.4 Å². The molecule has 0 aliphatic rings. The summed E-state index contributed by atoms with van der Waals surface area (Å²) in [6.45, 7) is 1.27. The van der Waals surface area contributed by atoms with Gasteiger partial charge in [-0.25, -0.2) is 0 Å². The number of carbonyl (C=O) groups excluding carboxylic acids is 3. The Kier molecular flexibility index (Phi) is 5.68. The van der Waals surface area contributed by atoms with Crippen LogP contribution >= 0.6 is 0 Å². The lowest BCUT2D eigenvalue weighted by Crippen LogP contribution is -2.45. The van der Waals surface area contributed by atoms with Crippen molar-refractivity contribution >= 4 is 17.8 Å². The zero-order valence-corrected chi connectivity index (χ0v) is 13.2. The summed E-state index contributed by atoms with van der Waals surface area (Å²) >= 11 is 0. The highest BCUT2D eigenvalue weighted by Gasteiger charge is 2.19. The lowest BCUT2D eigenvalue weighted by molar-refractivity contribution is -0.131. The first kappa shape index (κ1) is 17.2. The van der Waals surface area contributed by atoms with Crippen LogP contribution in [0.3, 0.4) is 0 Å². The molecule has 2 amide bonds. The van der Waals surface area contributed by atoms with Crippen molar-refractivity contribution in [2.45, 2.75) is 19.4 Å². The molecule has 1 atom stereocenters. The summed E-state index contributed by atoms with van der Waals surface area (Å²) in [5.41, 5.74) is 6.54. The number of primary amides is 1. The minimum absolute atomic E-state index is 0.258. The van der Waals surface area contributed by atoms with Gasteiger partial charge < -0.3 is 15.8 Å². The summed E-state index contributed by atoms with van der Waals surface area (Å²) in [5, 5.41) is 2.61. The lowest BCUT2D eigenvalue weighted by Gasteiger charge is -2.16. The molecular weight excluding hydrogens is 308 g/mol. The number of amides is 2. The Morgan fingerprint density at radius 3 is 2.42 bits per heavy atom. The van der Waals surface area contributed by atoms with Gasteiger partial charge in [-0.3, -0.25) is 14.4 Å². The van der Waals surface area contributed by atoms with Crippen LogP contribution in [0.15, 0.2) is 54.6 Å². The molecule has 0 radical (unpaired) electrons. The van der Waals surface area contributed by atoms with Crippen molar-refractivity contribution in [3.05, 3.63) is 65.7 Å². The maximum atomic E-state index is 12.3. The average molecular weight is 326 g/mol. The van der Waals surface area contributed by atoms with Crippen LogP contribution in [0.1, 0.15) is 22.8 Å². The SMILES string of the molecule is CC(=O)Oc1cccc(C(=O)N[C@@H](Cc2ccccc2)C(N)=O)c1. The summed E-state index contributed by atoms with van der Waals surface area (Å²) in [4.78, 5) is 34.9. The van der Waals surface area contributed by atoms with Crippen molar-refractivity contribution < 1.29 is 19.1 Å². The van der Waals surface area contributed by atoms with Gasteiger partial charge in [0.1, 0.15) is 11.8 Å². The van der Waals surface area contributed by atoms with Gasteiger partial charge in [-0.05, 0) is 23.8 Å². The molecule has 24 heavy (non-hydrogen) atoms. The van der Waals surface area contributed by atoms with Crippen molar-refractivity contribution in [2.75, 3.05) is 0 Å². The molecule has 0 heterocycles. The van der Waals surface area contributed by atoms with Gasteiger partial charge in [-0.1, -0.05) is 36.4 Å². The molecule has 0 aromatic heterocycles. The molecule has 124 valence electrons. The van der Waals surface area contributed by atoms with E-state index in [4.69, 9.17) is 10.5 Å². The van der Waals surface area contributed by atoms with Crippen LogP contribution in [0, 0.1) is 0 Å². The highest BCUT2D eigenvalue weighted by atomic mass is 16.5. The molecule has 0 saturated carbocycles. The number of ether oxygens (including phenoxy) is 1. The molecule has 0 saturated heterocycles. The molecule has 6 nitrogen and oxygen atoms in total. The van der Waals surface area contributed by atoms with E-state index in [2.05, 4.69) is 5.32 Å². The Bertz CT molecular complexity index is 744. The summed E-state index contributed by atoms with van der Waals surface area (Å²) in [6.07, 6.45) is 0.297. The molecule has 0 unspecified atom stereocenters. The number of benzene rings is 2. The van der Waals surface area contributed by atoms with Gasteiger partial charge in [0, 0.05) is 18.9 Å². The topological polar surface area (TPSA) is 98.5 Å². The van der Waals surface area contributed by atoms with Gasteiger partial charge in [0.2, 0.25) is 5.91 Å². The summed E-state index contributed by atoms with van der Waals surface area (Å²) in [6, 6.07) is 14.6. The number of esters is 1. The van der Waals surface area contributed by atoms with Crippen molar-refractivity contribution in [1.29, 1.82) is 0 Å². The molecule has 0 aliphatic heterocycles. The van der Waals surface area contributed by atoms with E-state index in [0.717, 1.165) is 5.56 Å². The maximum absolute atomic E-state index is 12.3. The van der Waals surface area contributed by atoms with Crippen LogP contribution in [0.25, 0.3) is 0 Å². The summed E-state index contributed by atoms with van der Waals surface area (Å²) in [5.74, 6) is -1.31. The van der Waals surface area contributed by atoms with Crippen LogP contribution in [-0.4, -0.2) is 23.8 Å². The first-order valence-electron chi connectivity index (χ1n) is 7.38. The van der Waals surface area contributed by atoms with E-state index in [1.54, 1.807) is 18.2 Å². The zero-order chi connectivity index (χ0) is 17.5. The smallest absolute Gasteiger partial charge is 0.308 e. The Morgan fingerprint density at radius 2 is 1.79 bits per heavy atom. The highest BCUT2D eigenvalue weighted by Crippen LogP contribution is 2.14. The fraction of sp³-hybridized carbons (Fsp3) is 0.167. The number of nitrogens with two attached hydrogens (primary N) is 1. The maximum Gasteiger partial charge on any atom is 0.308 e. The van der Waals surface area contributed by atoms with Gasteiger partial charge in [0.15, 0.2) is 0 Å². The predicted octanol–water partition coefficient (Wildman–Crippen LogP) is 1.44. The minimum Gasteiger partial charge on any atom is -0.427 e. The number of rotatable bonds is 6. The van der Waals surface area contributed by atoms with Crippen molar-refractivity contribution in [3.63, 3.8) is 0 Å². The van der Waals surface area contributed by atoms with E-state index in [1.807, 2.05) is 30.3 Å². The normalized spacial score (nSPS) is 11.4. The summed E-state index contributed by atoms with van der Waals surface area (Å²) < 4.78 is 4.94. The van der Waals surface area contributed by atoms with Crippen LogP contribution in [0.4, 0.5) is 0 Å². The van der Waals surface area contributed by atoms with Crippen LogP contribution in [-0.2, 0) is 16.0 Å². The molecule has 0 fully saturated rings. The third kappa shape index (κ3) is 4.95. The Hall–Kier alpha value is -3.15. The van der Waals surface area contributed by atoms with E-state index >= 15 is 0 Å². The first-order chi connectivity index (χ1) is 11.5. The van der Waals surface area contributed by atoms with E-state index in [-0.39, 0.29) is 11.3 Å². The molecule has 0 aliphatic carbocycles. The molecule has 6 heteroatoms. The van der Waals surface area contributed by atoms with Crippen LogP contribution < -0.4 is 15.8 Å². The second-order valence-electron chi connectivity index (χ2n) is 5.24. The number of carbonyl (C=O) groups is 3. The highest BCUT2D eigenvalue weighted by molar-refractivity contribution is 5.97. The summed E-state index contributed by atoms with van der Waals surface area (Å²) in [7, 11) is 0. The number of hydrogen-bond donors (Lipinski definition) is 2. The Morgan fingerprint density at radius 1 is 1.08 bits per heavy atom. The van der Waals surface area contributed by atoms with Crippen LogP contribution in [0.2, 0.25) is 0 Å². The minimum atomic E-state index is -0.836. The fourth-order valence-corrected chi connectivity index (χ4v) is 2.18. The molecule has 0 spiro atoms. The third-order valence-corrected chi connectivity index (χ3v) is 3.29. The predicted molar refractivity (Wildman–Crippen MR) is 88.3 cm³/mol. The molecule has 0 bridgehead atoms. The third-order valence-electron chi connectivity index (χ3n) is 3.29. The van der Waals surface area contributed by atoms with Gasteiger partial charge in [0.05, 0.1) is 0 Å². The second-order valence-corrected chi connectivity index (χ2v) is 5.24.